The topological polar surface area (TPSA) is 71.5 Å². The summed E-state index contributed by atoms with van der Waals surface area (Å²) in [5.74, 6) is 0.343. The number of rotatable bonds is 6. The van der Waals surface area contributed by atoms with Crippen LogP contribution in [0, 0.1) is 0 Å². The highest BCUT2D eigenvalue weighted by Crippen LogP contribution is 2.20. The molecular formula is C16H18N2O3. The molecule has 0 aliphatic heterocycles. The zero-order valence-electron chi connectivity index (χ0n) is 12.1. The van der Waals surface area contributed by atoms with E-state index in [1.54, 1.807) is 13.2 Å². The minimum Gasteiger partial charge on any atom is -0.497 e. The van der Waals surface area contributed by atoms with Gasteiger partial charge in [-0.15, -0.1) is 0 Å². The molecule has 21 heavy (non-hydrogen) atoms. The number of carboxylic acid groups (broad SMARTS) is 1. The molecule has 2 aromatic rings. The van der Waals surface area contributed by atoms with Crippen molar-refractivity contribution in [3.8, 4) is 5.75 Å². The zero-order valence-corrected chi connectivity index (χ0v) is 12.1. The summed E-state index contributed by atoms with van der Waals surface area (Å²) in [7, 11) is 1.61. The molecule has 0 bridgehead atoms. The van der Waals surface area contributed by atoms with Crippen LogP contribution in [0.1, 0.15) is 29.4 Å². The van der Waals surface area contributed by atoms with E-state index in [4.69, 9.17) is 9.84 Å². The van der Waals surface area contributed by atoms with Crippen molar-refractivity contribution in [3.05, 3.63) is 47.7 Å². The summed E-state index contributed by atoms with van der Waals surface area (Å²) in [6.45, 7) is 2.03. The summed E-state index contributed by atoms with van der Waals surface area (Å²) in [6.07, 6.45) is 1.66. The molecular weight excluding hydrogens is 268 g/mol. The summed E-state index contributed by atoms with van der Waals surface area (Å²) in [6, 6.07) is 10.5. The van der Waals surface area contributed by atoms with Gasteiger partial charge in [0, 0.05) is 11.4 Å². The standard InChI is InChI=1S/C16H18N2O3/c1-3-4-13-9-11(16(19)20)10-15(18-13)17-12-5-7-14(21-2)8-6-12/h5-10H,3-4H2,1-2H3,(H,17,18)(H,19,20). The van der Waals surface area contributed by atoms with Crippen molar-refractivity contribution in [2.24, 2.45) is 0 Å². The van der Waals surface area contributed by atoms with Gasteiger partial charge in [-0.1, -0.05) is 13.3 Å². The van der Waals surface area contributed by atoms with Gasteiger partial charge >= 0.3 is 5.97 Å². The molecule has 110 valence electrons. The van der Waals surface area contributed by atoms with Crippen LogP contribution in [-0.2, 0) is 6.42 Å². The summed E-state index contributed by atoms with van der Waals surface area (Å²) in [5.41, 5.74) is 1.84. The molecule has 1 heterocycles. The van der Waals surface area contributed by atoms with Gasteiger partial charge in [0.25, 0.3) is 0 Å². The number of nitrogens with one attached hydrogen (secondary N) is 1. The first-order valence-corrected chi connectivity index (χ1v) is 6.77. The third-order valence-electron chi connectivity index (χ3n) is 2.99. The van der Waals surface area contributed by atoms with Crippen LogP contribution < -0.4 is 10.1 Å². The van der Waals surface area contributed by atoms with E-state index in [0.29, 0.717) is 5.82 Å². The fraction of sp³-hybridized carbons (Fsp3) is 0.250. The van der Waals surface area contributed by atoms with Crippen molar-refractivity contribution in [1.82, 2.24) is 4.98 Å². The van der Waals surface area contributed by atoms with Crippen LogP contribution in [0.2, 0.25) is 0 Å². The number of hydrogen-bond donors (Lipinski definition) is 2. The van der Waals surface area contributed by atoms with Gasteiger partial charge in [0.2, 0.25) is 0 Å². The van der Waals surface area contributed by atoms with Gasteiger partial charge in [-0.05, 0) is 42.8 Å². The van der Waals surface area contributed by atoms with Crippen LogP contribution >= 0.6 is 0 Å². The maximum atomic E-state index is 11.2. The molecule has 0 aliphatic carbocycles. The van der Waals surface area contributed by atoms with Crippen LogP contribution in [0.3, 0.4) is 0 Å². The molecule has 0 atom stereocenters. The van der Waals surface area contributed by atoms with E-state index in [2.05, 4.69) is 10.3 Å². The van der Waals surface area contributed by atoms with E-state index in [9.17, 15) is 4.79 Å². The zero-order chi connectivity index (χ0) is 15.2. The van der Waals surface area contributed by atoms with Crippen LogP contribution in [0.25, 0.3) is 0 Å². The molecule has 2 rings (SSSR count). The van der Waals surface area contributed by atoms with Gasteiger partial charge in [0.15, 0.2) is 0 Å². The molecule has 0 saturated carbocycles. The number of methoxy groups -OCH3 is 1. The van der Waals surface area contributed by atoms with Gasteiger partial charge in [-0.25, -0.2) is 9.78 Å². The largest absolute Gasteiger partial charge is 0.497 e. The first-order chi connectivity index (χ1) is 10.1. The number of aromatic carboxylic acids is 1. The highest BCUT2D eigenvalue weighted by Gasteiger charge is 2.08. The second-order valence-electron chi connectivity index (χ2n) is 4.64. The van der Waals surface area contributed by atoms with E-state index in [0.717, 1.165) is 30.0 Å². The summed E-state index contributed by atoms with van der Waals surface area (Å²) in [4.78, 5) is 15.6. The average Bonchev–Trinajstić information content (AvgIpc) is 2.48. The number of aryl methyl sites for hydroxylation is 1. The Morgan fingerprint density at radius 2 is 2.00 bits per heavy atom. The summed E-state index contributed by atoms with van der Waals surface area (Å²) >= 11 is 0. The van der Waals surface area contributed by atoms with Crippen molar-refractivity contribution in [2.75, 3.05) is 12.4 Å². The van der Waals surface area contributed by atoms with Crippen molar-refractivity contribution >= 4 is 17.5 Å². The third kappa shape index (κ3) is 3.95. The maximum absolute atomic E-state index is 11.2. The average molecular weight is 286 g/mol. The molecule has 2 N–H and O–H groups in total. The van der Waals surface area contributed by atoms with Crippen LogP contribution in [0.5, 0.6) is 5.75 Å². The van der Waals surface area contributed by atoms with Crippen molar-refractivity contribution < 1.29 is 14.6 Å². The van der Waals surface area contributed by atoms with E-state index in [1.165, 1.54) is 6.07 Å². The van der Waals surface area contributed by atoms with E-state index < -0.39 is 5.97 Å². The Morgan fingerprint density at radius 3 is 2.57 bits per heavy atom. The number of anilines is 2. The van der Waals surface area contributed by atoms with E-state index >= 15 is 0 Å². The van der Waals surface area contributed by atoms with Gasteiger partial charge < -0.3 is 15.2 Å². The minimum atomic E-state index is -0.951. The molecule has 1 aromatic carbocycles. The lowest BCUT2D eigenvalue weighted by Gasteiger charge is -2.09. The Hall–Kier alpha value is -2.56. The Morgan fingerprint density at radius 1 is 1.29 bits per heavy atom. The van der Waals surface area contributed by atoms with E-state index in [1.807, 2.05) is 31.2 Å². The number of ether oxygens (including phenoxy) is 1. The highest BCUT2D eigenvalue weighted by atomic mass is 16.5. The predicted octanol–water partition coefficient (Wildman–Crippen LogP) is 3.48. The Balaban J connectivity index is 2.26. The fourth-order valence-electron chi connectivity index (χ4n) is 1.98. The summed E-state index contributed by atoms with van der Waals surface area (Å²) < 4.78 is 5.10. The normalized spacial score (nSPS) is 10.2. The van der Waals surface area contributed by atoms with Crippen molar-refractivity contribution in [3.63, 3.8) is 0 Å². The number of nitrogens with zero attached hydrogens (tertiary/aromatic N) is 1. The van der Waals surface area contributed by atoms with Gasteiger partial charge in [0.1, 0.15) is 11.6 Å². The number of pyridine rings is 1. The Labute approximate surface area is 123 Å². The lowest BCUT2D eigenvalue weighted by molar-refractivity contribution is 0.0696. The number of benzene rings is 1. The smallest absolute Gasteiger partial charge is 0.335 e. The summed E-state index contributed by atoms with van der Waals surface area (Å²) in [5, 5.41) is 12.3. The first kappa shape index (κ1) is 14.8. The van der Waals surface area contributed by atoms with Gasteiger partial charge in [-0.3, -0.25) is 0 Å². The van der Waals surface area contributed by atoms with Crippen LogP contribution in [-0.4, -0.2) is 23.2 Å². The molecule has 5 heteroatoms. The monoisotopic (exact) mass is 286 g/mol. The van der Waals surface area contributed by atoms with Gasteiger partial charge in [0.05, 0.1) is 12.7 Å². The molecule has 0 amide bonds. The Kier molecular flexibility index (Phi) is 4.77. The molecule has 1 aromatic heterocycles. The maximum Gasteiger partial charge on any atom is 0.335 e. The number of aromatic nitrogens is 1. The molecule has 5 nitrogen and oxygen atoms in total. The SMILES string of the molecule is CCCc1cc(C(=O)O)cc(Nc2ccc(OC)cc2)n1. The number of hydrogen-bond acceptors (Lipinski definition) is 4. The fourth-order valence-corrected chi connectivity index (χ4v) is 1.98. The van der Waals surface area contributed by atoms with Crippen molar-refractivity contribution in [1.29, 1.82) is 0 Å². The molecule has 0 radical (unpaired) electrons. The van der Waals surface area contributed by atoms with E-state index in [-0.39, 0.29) is 5.56 Å². The second-order valence-corrected chi connectivity index (χ2v) is 4.64. The lowest BCUT2D eigenvalue weighted by Crippen LogP contribution is -2.03. The number of carboxylic acids is 1. The van der Waals surface area contributed by atoms with Crippen LogP contribution in [0.15, 0.2) is 36.4 Å². The van der Waals surface area contributed by atoms with Gasteiger partial charge in [-0.2, -0.15) is 0 Å². The molecule has 0 saturated heterocycles. The lowest BCUT2D eigenvalue weighted by atomic mass is 10.1. The first-order valence-electron chi connectivity index (χ1n) is 6.77. The molecule has 0 spiro atoms. The van der Waals surface area contributed by atoms with Crippen LogP contribution in [0.4, 0.5) is 11.5 Å². The predicted molar refractivity (Wildman–Crippen MR) is 81.5 cm³/mol. The Bertz CT molecular complexity index is 624. The van der Waals surface area contributed by atoms with Crippen molar-refractivity contribution in [2.45, 2.75) is 19.8 Å². The number of carbonyl (C=O) groups is 1. The minimum absolute atomic E-state index is 0.240. The second kappa shape index (κ2) is 6.74. The quantitative estimate of drug-likeness (QED) is 0.850. The molecule has 0 fully saturated rings. The highest BCUT2D eigenvalue weighted by molar-refractivity contribution is 5.88. The molecule has 0 unspecified atom stereocenters. The third-order valence-corrected chi connectivity index (χ3v) is 2.99. The molecule has 0 aliphatic rings.